The van der Waals surface area contributed by atoms with Crippen molar-refractivity contribution in [3.63, 3.8) is 0 Å². The second-order valence-electron chi connectivity index (χ2n) is 4.31. The van der Waals surface area contributed by atoms with E-state index in [4.69, 9.17) is 0 Å². The molecule has 0 unspecified atom stereocenters. The van der Waals surface area contributed by atoms with Gasteiger partial charge < -0.3 is 0 Å². The molecule has 0 amide bonds. The highest BCUT2D eigenvalue weighted by Gasteiger charge is 2.04. The average Bonchev–Trinajstić information content (AvgIpc) is 2.32. The van der Waals surface area contributed by atoms with Gasteiger partial charge in [-0.25, -0.2) is 0 Å². The SMILES string of the molecule is CC(=O)Cc1ccccc1Cc1ccccc1. The Morgan fingerprint density at radius 1 is 0.882 bits per heavy atom. The topological polar surface area (TPSA) is 17.1 Å². The minimum Gasteiger partial charge on any atom is -0.300 e. The minimum absolute atomic E-state index is 0.213. The third-order valence-electron chi connectivity index (χ3n) is 2.80. The highest BCUT2D eigenvalue weighted by molar-refractivity contribution is 5.78. The molecule has 0 spiro atoms. The van der Waals surface area contributed by atoms with E-state index in [9.17, 15) is 4.79 Å². The van der Waals surface area contributed by atoms with Gasteiger partial charge in [-0.15, -0.1) is 0 Å². The lowest BCUT2D eigenvalue weighted by atomic mass is 9.97. The van der Waals surface area contributed by atoms with Gasteiger partial charge in [-0.1, -0.05) is 54.6 Å². The zero-order valence-electron chi connectivity index (χ0n) is 10.0. The van der Waals surface area contributed by atoms with Gasteiger partial charge in [-0.3, -0.25) is 4.79 Å². The van der Waals surface area contributed by atoms with Crippen LogP contribution in [0, 0.1) is 0 Å². The van der Waals surface area contributed by atoms with Crippen LogP contribution in [-0.4, -0.2) is 5.78 Å². The van der Waals surface area contributed by atoms with E-state index in [2.05, 4.69) is 18.2 Å². The summed E-state index contributed by atoms with van der Waals surface area (Å²) in [5, 5.41) is 0. The van der Waals surface area contributed by atoms with E-state index in [1.54, 1.807) is 6.92 Å². The number of hydrogen-bond donors (Lipinski definition) is 0. The van der Waals surface area contributed by atoms with Gasteiger partial charge in [0.2, 0.25) is 0 Å². The maximum absolute atomic E-state index is 11.2. The van der Waals surface area contributed by atoms with Gasteiger partial charge in [0.1, 0.15) is 5.78 Å². The van der Waals surface area contributed by atoms with Crippen molar-refractivity contribution in [2.24, 2.45) is 0 Å². The predicted molar refractivity (Wildman–Crippen MR) is 70.1 cm³/mol. The summed E-state index contributed by atoms with van der Waals surface area (Å²) >= 11 is 0. The molecule has 0 saturated carbocycles. The van der Waals surface area contributed by atoms with Crippen LogP contribution in [0.2, 0.25) is 0 Å². The van der Waals surface area contributed by atoms with E-state index in [-0.39, 0.29) is 5.78 Å². The quantitative estimate of drug-likeness (QED) is 0.777. The van der Waals surface area contributed by atoms with Crippen molar-refractivity contribution in [1.82, 2.24) is 0 Å². The summed E-state index contributed by atoms with van der Waals surface area (Å²) in [5.74, 6) is 0.213. The van der Waals surface area contributed by atoms with Gasteiger partial charge in [0, 0.05) is 6.42 Å². The van der Waals surface area contributed by atoms with Crippen LogP contribution in [0.4, 0.5) is 0 Å². The molecule has 1 heteroatoms. The molecule has 0 heterocycles. The first-order chi connectivity index (χ1) is 8.25. The van der Waals surface area contributed by atoms with Crippen LogP contribution in [0.1, 0.15) is 23.6 Å². The smallest absolute Gasteiger partial charge is 0.134 e. The molecule has 2 rings (SSSR count). The molecule has 0 atom stereocenters. The lowest BCUT2D eigenvalue weighted by Crippen LogP contribution is -2.01. The van der Waals surface area contributed by atoms with Crippen molar-refractivity contribution >= 4 is 5.78 Å². The molecule has 0 bridgehead atoms. The fourth-order valence-electron chi connectivity index (χ4n) is 1.99. The Balaban J connectivity index is 2.23. The molecule has 86 valence electrons. The largest absolute Gasteiger partial charge is 0.300 e. The van der Waals surface area contributed by atoms with Crippen LogP contribution in [0.25, 0.3) is 0 Å². The Morgan fingerprint density at radius 3 is 2.12 bits per heavy atom. The van der Waals surface area contributed by atoms with E-state index in [0.29, 0.717) is 6.42 Å². The van der Waals surface area contributed by atoms with E-state index in [1.165, 1.54) is 11.1 Å². The number of ketones is 1. The van der Waals surface area contributed by atoms with E-state index < -0.39 is 0 Å². The van der Waals surface area contributed by atoms with E-state index in [0.717, 1.165) is 12.0 Å². The van der Waals surface area contributed by atoms with Crippen LogP contribution in [0.3, 0.4) is 0 Å². The highest BCUT2D eigenvalue weighted by Crippen LogP contribution is 2.15. The summed E-state index contributed by atoms with van der Waals surface area (Å²) < 4.78 is 0. The molecule has 0 aromatic heterocycles. The normalized spacial score (nSPS) is 10.2. The summed E-state index contributed by atoms with van der Waals surface area (Å²) in [6.07, 6.45) is 1.42. The maximum atomic E-state index is 11.2. The zero-order chi connectivity index (χ0) is 12.1. The van der Waals surface area contributed by atoms with Crippen LogP contribution < -0.4 is 0 Å². The van der Waals surface area contributed by atoms with Crippen LogP contribution in [0.5, 0.6) is 0 Å². The van der Waals surface area contributed by atoms with Gasteiger partial charge in [0.05, 0.1) is 0 Å². The Kier molecular flexibility index (Phi) is 3.71. The number of carbonyl (C=O) groups excluding carboxylic acids is 1. The first-order valence-electron chi connectivity index (χ1n) is 5.86. The first kappa shape index (κ1) is 11.6. The second-order valence-corrected chi connectivity index (χ2v) is 4.31. The summed E-state index contributed by atoms with van der Waals surface area (Å²) in [5.41, 5.74) is 3.67. The number of benzene rings is 2. The van der Waals surface area contributed by atoms with Gasteiger partial charge in [-0.2, -0.15) is 0 Å². The zero-order valence-corrected chi connectivity index (χ0v) is 10.0. The van der Waals surface area contributed by atoms with Crippen molar-refractivity contribution in [2.75, 3.05) is 0 Å². The Bertz CT molecular complexity index is 500. The Labute approximate surface area is 102 Å². The molecule has 0 N–H and O–H groups in total. The monoisotopic (exact) mass is 224 g/mol. The molecular formula is C16H16O. The third kappa shape index (κ3) is 3.28. The maximum Gasteiger partial charge on any atom is 0.134 e. The molecule has 1 nitrogen and oxygen atoms in total. The lowest BCUT2D eigenvalue weighted by Gasteiger charge is -2.08. The minimum atomic E-state index is 0.213. The number of rotatable bonds is 4. The average molecular weight is 224 g/mol. The van der Waals surface area contributed by atoms with Crippen LogP contribution in [-0.2, 0) is 17.6 Å². The molecule has 0 saturated heterocycles. The van der Waals surface area contributed by atoms with Crippen molar-refractivity contribution in [3.05, 3.63) is 71.3 Å². The fraction of sp³-hybridized carbons (Fsp3) is 0.188. The third-order valence-corrected chi connectivity index (χ3v) is 2.80. The van der Waals surface area contributed by atoms with Gasteiger partial charge in [-0.05, 0) is 30.0 Å². The molecule has 17 heavy (non-hydrogen) atoms. The number of Topliss-reactive ketones (excluding diaryl/α,β-unsaturated/α-hetero) is 1. The second kappa shape index (κ2) is 5.44. The molecule has 0 fully saturated rings. The molecule has 0 aliphatic rings. The number of hydrogen-bond acceptors (Lipinski definition) is 1. The van der Waals surface area contributed by atoms with Crippen LogP contribution in [0.15, 0.2) is 54.6 Å². The summed E-state index contributed by atoms with van der Waals surface area (Å²) in [4.78, 5) is 11.2. The van der Waals surface area contributed by atoms with Crippen molar-refractivity contribution < 1.29 is 4.79 Å². The van der Waals surface area contributed by atoms with E-state index in [1.807, 2.05) is 36.4 Å². The van der Waals surface area contributed by atoms with Gasteiger partial charge in [0.25, 0.3) is 0 Å². The van der Waals surface area contributed by atoms with Crippen molar-refractivity contribution in [2.45, 2.75) is 19.8 Å². The number of carbonyl (C=O) groups is 1. The standard InChI is InChI=1S/C16H16O/c1-13(17)11-15-9-5-6-10-16(15)12-14-7-3-2-4-8-14/h2-10H,11-12H2,1H3. The van der Waals surface area contributed by atoms with Gasteiger partial charge >= 0.3 is 0 Å². The first-order valence-corrected chi connectivity index (χ1v) is 5.86. The lowest BCUT2D eigenvalue weighted by molar-refractivity contribution is -0.116. The summed E-state index contributed by atoms with van der Waals surface area (Å²) in [6.45, 7) is 1.64. The molecule has 0 aliphatic carbocycles. The van der Waals surface area contributed by atoms with Crippen molar-refractivity contribution in [3.8, 4) is 0 Å². The van der Waals surface area contributed by atoms with Gasteiger partial charge in [0.15, 0.2) is 0 Å². The molecular weight excluding hydrogens is 208 g/mol. The highest BCUT2D eigenvalue weighted by atomic mass is 16.1. The Morgan fingerprint density at radius 2 is 1.47 bits per heavy atom. The predicted octanol–water partition coefficient (Wildman–Crippen LogP) is 3.41. The summed E-state index contributed by atoms with van der Waals surface area (Å²) in [6, 6.07) is 18.5. The Hall–Kier alpha value is -1.89. The van der Waals surface area contributed by atoms with E-state index >= 15 is 0 Å². The summed E-state index contributed by atoms with van der Waals surface area (Å²) in [7, 11) is 0. The molecule has 2 aromatic rings. The molecule has 2 aromatic carbocycles. The molecule has 0 aliphatic heterocycles. The molecule has 0 radical (unpaired) electrons. The van der Waals surface area contributed by atoms with Crippen molar-refractivity contribution in [1.29, 1.82) is 0 Å². The van der Waals surface area contributed by atoms with Crippen LogP contribution >= 0.6 is 0 Å². The fourth-order valence-corrected chi connectivity index (χ4v) is 1.99.